The van der Waals surface area contributed by atoms with Gasteiger partial charge in [-0.1, -0.05) is 32.4 Å². The van der Waals surface area contributed by atoms with Crippen molar-refractivity contribution in [3.05, 3.63) is 29.3 Å². The lowest BCUT2D eigenvalue weighted by atomic mass is 9.90. The van der Waals surface area contributed by atoms with Gasteiger partial charge in [0.2, 0.25) is 5.78 Å². The minimum absolute atomic E-state index is 0.442. The Bertz CT molecular complexity index is 404. The molecule has 0 aliphatic heterocycles. The number of anilines is 1. The van der Waals surface area contributed by atoms with Gasteiger partial charge >= 0.3 is 0 Å². The van der Waals surface area contributed by atoms with Crippen LogP contribution in [-0.2, 0) is 9.59 Å². The minimum atomic E-state index is -0.670. The van der Waals surface area contributed by atoms with Gasteiger partial charge in [-0.15, -0.1) is 0 Å². The summed E-state index contributed by atoms with van der Waals surface area (Å²) in [6.45, 7) is 5.12. The SMILES string of the molecule is CC(C)(C)C(=O)C(=O)Nc1ccc(Cl)cc1. The second kappa shape index (κ2) is 4.66. The van der Waals surface area contributed by atoms with Crippen molar-refractivity contribution in [2.45, 2.75) is 20.8 Å². The van der Waals surface area contributed by atoms with E-state index >= 15 is 0 Å². The smallest absolute Gasteiger partial charge is 0.292 e. The summed E-state index contributed by atoms with van der Waals surface area (Å²) >= 11 is 5.70. The molecule has 0 radical (unpaired) electrons. The summed E-state index contributed by atoms with van der Waals surface area (Å²) in [6.07, 6.45) is 0. The maximum Gasteiger partial charge on any atom is 0.292 e. The van der Waals surface area contributed by atoms with E-state index in [-0.39, 0.29) is 0 Å². The molecule has 0 aliphatic rings. The third-order valence-electron chi connectivity index (χ3n) is 1.99. The number of amides is 1. The van der Waals surface area contributed by atoms with Gasteiger partial charge in [0.15, 0.2) is 0 Å². The average Bonchev–Trinajstić information content (AvgIpc) is 2.19. The van der Waals surface area contributed by atoms with E-state index in [1.807, 2.05) is 0 Å². The molecule has 3 nitrogen and oxygen atoms in total. The van der Waals surface area contributed by atoms with Gasteiger partial charge in [-0.2, -0.15) is 0 Å². The number of carbonyl (C=O) groups is 2. The fourth-order valence-electron chi connectivity index (χ4n) is 1.06. The van der Waals surface area contributed by atoms with Gasteiger partial charge in [-0.25, -0.2) is 0 Å². The van der Waals surface area contributed by atoms with Gasteiger partial charge in [0.05, 0.1) is 0 Å². The third kappa shape index (κ3) is 3.35. The van der Waals surface area contributed by atoms with E-state index in [0.717, 1.165) is 0 Å². The Morgan fingerprint density at radius 2 is 1.62 bits per heavy atom. The second-order valence-electron chi connectivity index (χ2n) is 4.54. The lowest BCUT2D eigenvalue weighted by molar-refractivity contribution is -0.139. The first-order valence-electron chi connectivity index (χ1n) is 4.92. The largest absolute Gasteiger partial charge is 0.319 e. The first-order chi connectivity index (χ1) is 7.30. The van der Waals surface area contributed by atoms with Crippen LogP contribution in [-0.4, -0.2) is 11.7 Å². The number of rotatable bonds is 2. The van der Waals surface area contributed by atoms with Crippen LogP contribution in [0.5, 0.6) is 0 Å². The highest BCUT2D eigenvalue weighted by atomic mass is 35.5. The Hall–Kier alpha value is -1.35. The summed E-state index contributed by atoms with van der Waals surface area (Å²) < 4.78 is 0. The fraction of sp³-hybridized carbons (Fsp3) is 0.333. The molecule has 1 rings (SSSR count). The van der Waals surface area contributed by atoms with Crippen molar-refractivity contribution in [3.8, 4) is 0 Å². The Morgan fingerprint density at radius 3 is 2.06 bits per heavy atom. The predicted molar refractivity (Wildman–Crippen MR) is 64.5 cm³/mol. The molecule has 1 amide bonds. The van der Waals surface area contributed by atoms with Gasteiger partial charge < -0.3 is 5.32 Å². The monoisotopic (exact) mass is 239 g/mol. The zero-order chi connectivity index (χ0) is 12.3. The predicted octanol–water partition coefficient (Wildman–Crippen LogP) is 2.89. The van der Waals surface area contributed by atoms with Gasteiger partial charge in [0.1, 0.15) is 0 Å². The standard InChI is InChI=1S/C12H14ClNO2/c1-12(2,3)10(15)11(16)14-9-6-4-8(13)5-7-9/h4-7H,1-3H3,(H,14,16). The summed E-state index contributed by atoms with van der Waals surface area (Å²) in [5.74, 6) is -1.04. The molecule has 1 aromatic carbocycles. The molecule has 0 heterocycles. The van der Waals surface area contributed by atoms with Crippen LogP contribution in [0.1, 0.15) is 20.8 Å². The first kappa shape index (κ1) is 12.7. The molecule has 0 aliphatic carbocycles. The highest BCUT2D eigenvalue weighted by molar-refractivity contribution is 6.42. The summed E-state index contributed by atoms with van der Waals surface area (Å²) in [5, 5.41) is 3.11. The van der Waals surface area contributed by atoms with E-state index < -0.39 is 17.1 Å². The maximum atomic E-state index is 11.6. The van der Waals surface area contributed by atoms with E-state index in [0.29, 0.717) is 10.7 Å². The van der Waals surface area contributed by atoms with Gasteiger partial charge in [0.25, 0.3) is 5.91 Å². The van der Waals surface area contributed by atoms with E-state index in [1.165, 1.54) is 0 Å². The molecule has 0 spiro atoms. The molecule has 1 aromatic rings. The van der Waals surface area contributed by atoms with Gasteiger partial charge in [0, 0.05) is 16.1 Å². The van der Waals surface area contributed by atoms with E-state index in [1.54, 1.807) is 45.0 Å². The fourth-order valence-corrected chi connectivity index (χ4v) is 1.19. The number of benzene rings is 1. The number of Topliss-reactive ketones (excluding diaryl/α,β-unsaturated/α-hetero) is 1. The quantitative estimate of drug-likeness (QED) is 0.807. The number of carbonyl (C=O) groups excluding carboxylic acids is 2. The molecule has 0 aromatic heterocycles. The van der Waals surface area contributed by atoms with Crippen LogP contribution in [0.25, 0.3) is 0 Å². The van der Waals surface area contributed by atoms with Crippen molar-refractivity contribution in [1.82, 2.24) is 0 Å². The number of ketones is 1. The van der Waals surface area contributed by atoms with Crippen molar-refractivity contribution in [3.63, 3.8) is 0 Å². The molecule has 0 saturated heterocycles. The highest BCUT2D eigenvalue weighted by Crippen LogP contribution is 2.17. The molecule has 86 valence electrons. The molecule has 0 unspecified atom stereocenters. The zero-order valence-electron chi connectivity index (χ0n) is 9.50. The summed E-state index contributed by atoms with van der Waals surface area (Å²) in [7, 11) is 0. The van der Waals surface area contributed by atoms with Gasteiger partial charge in [-0.05, 0) is 24.3 Å². The van der Waals surface area contributed by atoms with Crippen LogP contribution in [0.3, 0.4) is 0 Å². The molecule has 0 atom stereocenters. The number of nitrogens with one attached hydrogen (secondary N) is 1. The lowest BCUT2D eigenvalue weighted by Gasteiger charge is -2.15. The molecular weight excluding hydrogens is 226 g/mol. The Balaban J connectivity index is 2.72. The average molecular weight is 240 g/mol. The van der Waals surface area contributed by atoms with Crippen LogP contribution < -0.4 is 5.32 Å². The van der Waals surface area contributed by atoms with Crippen LogP contribution in [0, 0.1) is 5.41 Å². The summed E-state index contributed by atoms with van der Waals surface area (Å²) in [5.41, 5.74) is -0.108. The van der Waals surface area contributed by atoms with E-state index in [9.17, 15) is 9.59 Å². The van der Waals surface area contributed by atoms with Crippen molar-refractivity contribution < 1.29 is 9.59 Å². The second-order valence-corrected chi connectivity index (χ2v) is 4.98. The molecule has 0 bridgehead atoms. The third-order valence-corrected chi connectivity index (χ3v) is 2.24. The normalized spacial score (nSPS) is 11.0. The summed E-state index contributed by atoms with van der Waals surface area (Å²) in [4.78, 5) is 23.1. The van der Waals surface area contributed by atoms with Crippen molar-refractivity contribution in [2.75, 3.05) is 5.32 Å². The highest BCUT2D eigenvalue weighted by Gasteiger charge is 2.28. The van der Waals surface area contributed by atoms with Crippen LogP contribution in [0.4, 0.5) is 5.69 Å². The molecule has 1 N–H and O–H groups in total. The molecule has 0 saturated carbocycles. The molecular formula is C12H14ClNO2. The minimum Gasteiger partial charge on any atom is -0.319 e. The zero-order valence-corrected chi connectivity index (χ0v) is 10.3. The van der Waals surface area contributed by atoms with Crippen molar-refractivity contribution in [2.24, 2.45) is 5.41 Å². The van der Waals surface area contributed by atoms with Crippen molar-refractivity contribution >= 4 is 29.0 Å². The maximum absolute atomic E-state index is 11.6. The first-order valence-corrected chi connectivity index (χ1v) is 5.30. The van der Waals surface area contributed by atoms with Crippen LogP contribution in [0.2, 0.25) is 5.02 Å². The van der Waals surface area contributed by atoms with E-state index in [2.05, 4.69) is 5.32 Å². The van der Waals surface area contributed by atoms with E-state index in [4.69, 9.17) is 11.6 Å². The molecule has 16 heavy (non-hydrogen) atoms. The number of hydrogen-bond donors (Lipinski definition) is 1. The molecule has 0 fully saturated rings. The van der Waals surface area contributed by atoms with Crippen molar-refractivity contribution in [1.29, 1.82) is 0 Å². The summed E-state index contributed by atoms with van der Waals surface area (Å²) in [6, 6.07) is 6.60. The number of halogens is 1. The van der Waals surface area contributed by atoms with Gasteiger partial charge in [-0.3, -0.25) is 9.59 Å². The lowest BCUT2D eigenvalue weighted by Crippen LogP contribution is -2.33. The Morgan fingerprint density at radius 1 is 1.12 bits per heavy atom. The Kier molecular flexibility index (Phi) is 3.70. The topological polar surface area (TPSA) is 46.2 Å². The van der Waals surface area contributed by atoms with Crippen LogP contribution in [0.15, 0.2) is 24.3 Å². The van der Waals surface area contributed by atoms with Crippen LogP contribution >= 0.6 is 11.6 Å². The molecule has 4 heteroatoms. The number of hydrogen-bond acceptors (Lipinski definition) is 2. The Labute approximate surface area is 99.8 Å².